The van der Waals surface area contributed by atoms with Crippen LogP contribution < -0.4 is 5.32 Å². The predicted molar refractivity (Wildman–Crippen MR) is 71.2 cm³/mol. The topological polar surface area (TPSA) is 30.5 Å². The molecule has 1 aliphatic rings. The molecule has 1 saturated heterocycles. The monoisotopic (exact) mass is 243 g/mol. The molecule has 5 unspecified atom stereocenters. The van der Waals surface area contributed by atoms with Gasteiger partial charge in [-0.3, -0.25) is 0 Å². The molecule has 17 heavy (non-hydrogen) atoms. The lowest BCUT2D eigenvalue weighted by Crippen LogP contribution is -2.45. The largest absolute Gasteiger partial charge is 0.377 e. The van der Waals surface area contributed by atoms with E-state index >= 15 is 0 Å². The molecule has 1 fully saturated rings. The summed E-state index contributed by atoms with van der Waals surface area (Å²) in [5.74, 6) is 1.13. The first-order valence-electron chi connectivity index (χ1n) is 6.97. The average Bonchev–Trinajstić information content (AvgIpc) is 2.49. The summed E-state index contributed by atoms with van der Waals surface area (Å²) >= 11 is 0. The van der Waals surface area contributed by atoms with Gasteiger partial charge in [0.2, 0.25) is 0 Å². The van der Waals surface area contributed by atoms with Gasteiger partial charge in [0.25, 0.3) is 0 Å². The Balaban J connectivity index is 2.62. The molecule has 102 valence electrons. The molecule has 0 aromatic carbocycles. The maximum atomic E-state index is 5.92. The summed E-state index contributed by atoms with van der Waals surface area (Å²) in [5, 5.41) is 3.56. The first-order chi connectivity index (χ1) is 7.97. The van der Waals surface area contributed by atoms with Crippen LogP contribution >= 0.6 is 0 Å². The molecular weight excluding hydrogens is 214 g/mol. The van der Waals surface area contributed by atoms with Crippen molar-refractivity contribution < 1.29 is 9.47 Å². The van der Waals surface area contributed by atoms with Crippen LogP contribution in [0.4, 0.5) is 0 Å². The van der Waals surface area contributed by atoms with E-state index in [-0.39, 0.29) is 0 Å². The van der Waals surface area contributed by atoms with E-state index in [9.17, 15) is 0 Å². The quantitative estimate of drug-likeness (QED) is 0.777. The fourth-order valence-corrected chi connectivity index (χ4v) is 2.85. The van der Waals surface area contributed by atoms with Crippen molar-refractivity contribution in [3.05, 3.63) is 0 Å². The van der Waals surface area contributed by atoms with Gasteiger partial charge >= 0.3 is 0 Å². The summed E-state index contributed by atoms with van der Waals surface area (Å²) in [4.78, 5) is 0. The normalized spacial score (nSPS) is 35.5. The molecule has 1 N–H and O–H groups in total. The van der Waals surface area contributed by atoms with E-state index in [1.807, 2.05) is 0 Å². The number of nitrogens with one attached hydrogen (secondary N) is 1. The fourth-order valence-electron chi connectivity index (χ4n) is 2.85. The van der Waals surface area contributed by atoms with Gasteiger partial charge in [-0.2, -0.15) is 0 Å². The molecule has 5 atom stereocenters. The lowest BCUT2D eigenvalue weighted by molar-refractivity contribution is 0.0224. The van der Waals surface area contributed by atoms with Gasteiger partial charge in [0.15, 0.2) is 0 Å². The minimum Gasteiger partial charge on any atom is -0.377 e. The average molecular weight is 243 g/mol. The Kier molecular flexibility index (Phi) is 5.90. The van der Waals surface area contributed by atoms with E-state index in [1.54, 1.807) is 0 Å². The minimum atomic E-state index is 0.293. The number of hydrogen-bond donors (Lipinski definition) is 1. The second kappa shape index (κ2) is 6.72. The van der Waals surface area contributed by atoms with Crippen LogP contribution in [-0.2, 0) is 9.47 Å². The van der Waals surface area contributed by atoms with Crippen LogP contribution in [0.25, 0.3) is 0 Å². The molecule has 0 aromatic heterocycles. The van der Waals surface area contributed by atoms with Crippen LogP contribution in [-0.4, -0.2) is 37.5 Å². The van der Waals surface area contributed by atoms with E-state index in [0.29, 0.717) is 36.2 Å². The molecule has 3 nitrogen and oxygen atoms in total. The highest BCUT2D eigenvalue weighted by molar-refractivity contribution is 4.91. The summed E-state index contributed by atoms with van der Waals surface area (Å²) < 4.78 is 11.7. The van der Waals surface area contributed by atoms with Crippen LogP contribution in [0.1, 0.15) is 41.5 Å². The maximum Gasteiger partial charge on any atom is 0.0626 e. The second-order valence-corrected chi connectivity index (χ2v) is 5.53. The molecule has 0 aromatic rings. The number of likely N-dealkylation sites (N-methyl/N-ethyl adjacent to an activating group) is 1. The first-order valence-corrected chi connectivity index (χ1v) is 6.97. The van der Waals surface area contributed by atoms with Crippen LogP contribution in [0, 0.1) is 11.8 Å². The number of rotatable bonds is 6. The summed E-state index contributed by atoms with van der Waals surface area (Å²) in [6, 6.07) is 0.400. The van der Waals surface area contributed by atoms with E-state index in [1.165, 1.54) is 0 Å². The second-order valence-electron chi connectivity index (χ2n) is 5.53. The Morgan fingerprint density at radius 1 is 1.18 bits per heavy atom. The molecule has 0 aliphatic carbocycles. The highest BCUT2D eigenvalue weighted by Gasteiger charge is 2.41. The Hall–Kier alpha value is -0.120. The summed E-state index contributed by atoms with van der Waals surface area (Å²) in [6.07, 6.45) is 0.969. The van der Waals surface area contributed by atoms with E-state index in [4.69, 9.17) is 9.47 Å². The Morgan fingerprint density at radius 3 is 2.24 bits per heavy atom. The van der Waals surface area contributed by atoms with E-state index in [0.717, 1.165) is 13.2 Å². The zero-order chi connectivity index (χ0) is 13.0. The SMILES string of the molecule is CCNC(COC(C)C)C1C(C)OC(C)C1C. The van der Waals surface area contributed by atoms with Crippen molar-refractivity contribution in [2.45, 2.75) is 65.9 Å². The van der Waals surface area contributed by atoms with Gasteiger partial charge in [0.1, 0.15) is 0 Å². The highest BCUT2D eigenvalue weighted by Crippen LogP contribution is 2.34. The molecule has 0 amide bonds. The molecule has 0 saturated carbocycles. The summed E-state index contributed by atoms with van der Waals surface area (Å²) in [6.45, 7) is 14.7. The smallest absolute Gasteiger partial charge is 0.0626 e. The van der Waals surface area contributed by atoms with Crippen molar-refractivity contribution in [2.24, 2.45) is 11.8 Å². The van der Waals surface area contributed by atoms with Crippen molar-refractivity contribution in [1.29, 1.82) is 0 Å². The van der Waals surface area contributed by atoms with E-state index in [2.05, 4.69) is 46.9 Å². The molecule has 3 heteroatoms. The van der Waals surface area contributed by atoms with Gasteiger partial charge < -0.3 is 14.8 Å². The van der Waals surface area contributed by atoms with Crippen molar-refractivity contribution in [1.82, 2.24) is 5.32 Å². The third-order valence-corrected chi connectivity index (χ3v) is 3.86. The zero-order valence-corrected chi connectivity index (χ0v) is 12.2. The Morgan fingerprint density at radius 2 is 1.82 bits per heavy atom. The van der Waals surface area contributed by atoms with Crippen molar-refractivity contribution >= 4 is 0 Å². The standard InChI is InChI=1S/C14H29NO2/c1-7-15-13(8-16-9(2)3)14-10(4)11(5)17-12(14)6/h9-15H,7-8H2,1-6H3. The van der Waals surface area contributed by atoms with Crippen LogP contribution in [0.15, 0.2) is 0 Å². The molecule has 0 bridgehead atoms. The predicted octanol–water partition coefficient (Wildman–Crippen LogP) is 2.45. The molecule has 1 aliphatic heterocycles. The molecule has 1 rings (SSSR count). The Labute approximate surface area is 106 Å². The van der Waals surface area contributed by atoms with Crippen LogP contribution in [0.3, 0.4) is 0 Å². The third kappa shape index (κ3) is 3.94. The third-order valence-electron chi connectivity index (χ3n) is 3.86. The number of ether oxygens (including phenoxy) is 2. The van der Waals surface area contributed by atoms with E-state index < -0.39 is 0 Å². The van der Waals surface area contributed by atoms with Crippen molar-refractivity contribution in [3.63, 3.8) is 0 Å². The van der Waals surface area contributed by atoms with Gasteiger partial charge in [-0.1, -0.05) is 13.8 Å². The lowest BCUT2D eigenvalue weighted by Gasteiger charge is -2.30. The molecule has 0 radical (unpaired) electrons. The van der Waals surface area contributed by atoms with Gasteiger partial charge in [-0.05, 0) is 40.2 Å². The summed E-state index contributed by atoms with van der Waals surface area (Å²) in [7, 11) is 0. The highest BCUT2D eigenvalue weighted by atomic mass is 16.5. The van der Waals surface area contributed by atoms with Crippen LogP contribution in [0.2, 0.25) is 0 Å². The number of hydrogen-bond acceptors (Lipinski definition) is 3. The van der Waals surface area contributed by atoms with Gasteiger partial charge in [-0.25, -0.2) is 0 Å². The van der Waals surface area contributed by atoms with Crippen molar-refractivity contribution in [2.75, 3.05) is 13.2 Å². The fraction of sp³-hybridized carbons (Fsp3) is 1.00. The molecule has 1 heterocycles. The lowest BCUT2D eigenvalue weighted by atomic mass is 9.83. The first kappa shape index (κ1) is 14.9. The van der Waals surface area contributed by atoms with Gasteiger partial charge in [0, 0.05) is 12.0 Å². The summed E-state index contributed by atoms with van der Waals surface area (Å²) in [5.41, 5.74) is 0. The van der Waals surface area contributed by atoms with Crippen molar-refractivity contribution in [3.8, 4) is 0 Å². The van der Waals surface area contributed by atoms with Crippen LogP contribution in [0.5, 0.6) is 0 Å². The zero-order valence-electron chi connectivity index (χ0n) is 12.2. The van der Waals surface area contributed by atoms with Gasteiger partial charge in [-0.15, -0.1) is 0 Å². The molecular formula is C14H29NO2. The van der Waals surface area contributed by atoms with Gasteiger partial charge in [0.05, 0.1) is 24.9 Å². The Bertz CT molecular complexity index is 220. The molecule has 0 spiro atoms. The maximum absolute atomic E-state index is 5.92. The minimum absolute atomic E-state index is 0.293.